The largest absolute Gasteiger partial charge is 0.497 e. The number of halogens is 1. The second-order valence-electron chi connectivity index (χ2n) is 8.26. The van der Waals surface area contributed by atoms with Crippen molar-refractivity contribution >= 4 is 11.8 Å². The molecule has 2 atom stereocenters. The topological polar surface area (TPSA) is 85.9 Å². The van der Waals surface area contributed by atoms with E-state index in [0.29, 0.717) is 61.6 Å². The number of hydrogen-bond acceptors (Lipinski definition) is 5. The molecular formula is C24H27FN2O5. The summed E-state index contributed by atoms with van der Waals surface area (Å²) in [6, 6.07) is 12.1. The van der Waals surface area contributed by atoms with E-state index in [-0.39, 0.29) is 30.2 Å². The summed E-state index contributed by atoms with van der Waals surface area (Å²) in [6.45, 7) is 0.674. The number of benzene rings is 2. The highest BCUT2D eigenvalue weighted by molar-refractivity contribution is 5.80. The number of ether oxygens (including phenoxy) is 3. The molecular weight excluding hydrogens is 415 g/mol. The van der Waals surface area contributed by atoms with Crippen molar-refractivity contribution in [1.82, 2.24) is 10.6 Å². The molecule has 0 aliphatic carbocycles. The summed E-state index contributed by atoms with van der Waals surface area (Å²) in [4.78, 5) is 24.5. The highest BCUT2D eigenvalue weighted by atomic mass is 19.1. The molecule has 0 aromatic heterocycles. The van der Waals surface area contributed by atoms with Gasteiger partial charge in [-0.05, 0) is 43.0 Å². The minimum atomic E-state index is -0.646. The van der Waals surface area contributed by atoms with Gasteiger partial charge >= 0.3 is 0 Å². The normalized spacial score (nSPS) is 21.7. The molecule has 2 aromatic rings. The third-order valence-corrected chi connectivity index (χ3v) is 5.95. The lowest BCUT2D eigenvalue weighted by atomic mass is 9.84. The Balaban J connectivity index is 1.32. The first-order chi connectivity index (χ1) is 15.5. The van der Waals surface area contributed by atoms with Crippen molar-refractivity contribution in [2.75, 3.05) is 20.3 Å². The van der Waals surface area contributed by atoms with Crippen LogP contribution in [0.5, 0.6) is 17.2 Å². The van der Waals surface area contributed by atoms with Crippen LogP contribution in [0.15, 0.2) is 42.5 Å². The molecule has 170 valence electrons. The SMILES string of the molecule is COc1ccc(CC2(CCC(=O)NCC3COc4ccccc4O3)CCC(=O)N2)c(F)c1. The number of rotatable bonds is 8. The zero-order valence-electron chi connectivity index (χ0n) is 18.0. The first-order valence-corrected chi connectivity index (χ1v) is 10.7. The highest BCUT2D eigenvalue weighted by Gasteiger charge is 2.38. The average Bonchev–Trinajstić information content (AvgIpc) is 3.18. The van der Waals surface area contributed by atoms with E-state index in [0.717, 1.165) is 0 Å². The third-order valence-electron chi connectivity index (χ3n) is 5.95. The fraction of sp³-hybridized carbons (Fsp3) is 0.417. The van der Waals surface area contributed by atoms with Crippen LogP contribution in [-0.4, -0.2) is 43.7 Å². The molecule has 0 spiro atoms. The molecule has 0 radical (unpaired) electrons. The van der Waals surface area contributed by atoms with E-state index in [4.69, 9.17) is 14.2 Å². The second kappa shape index (κ2) is 9.46. The van der Waals surface area contributed by atoms with Crippen molar-refractivity contribution < 1.29 is 28.2 Å². The summed E-state index contributed by atoms with van der Waals surface area (Å²) in [7, 11) is 1.48. The van der Waals surface area contributed by atoms with Crippen molar-refractivity contribution in [3.8, 4) is 17.2 Å². The Hall–Kier alpha value is -3.29. The molecule has 2 heterocycles. The Labute approximate surface area is 186 Å². The summed E-state index contributed by atoms with van der Waals surface area (Å²) < 4.78 is 31.1. The summed E-state index contributed by atoms with van der Waals surface area (Å²) in [6.07, 6.45) is 1.59. The van der Waals surface area contributed by atoms with Gasteiger partial charge < -0.3 is 24.8 Å². The van der Waals surface area contributed by atoms with Crippen LogP contribution in [0.4, 0.5) is 4.39 Å². The lowest BCUT2D eigenvalue weighted by Gasteiger charge is -2.30. The van der Waals surface area contributed by atoms with Crippen LogP contribution in [0, 0.1) is 5.82 Å². The molecule has 2 aromatic carbocycles. The fourth-order valence-corrected chi connectivity index (χ4v) is 4.18. The van der Waals surface area contributed by atoms with Gasteiger partial charge in [-0.15, -0.1) is 0 Å². The molecule has 2 N–H and O–H groups in total. The molecule has 0 saturated carbocycles. The monoisotopic (exact) mass is 442 g/mol. The molecule has 2 aliphatic rings. The molecule has 32 heavy (non-hydrogen) atoms. The van der Waals surface area contributed by atoms with Crippen molar-refractivity contribution in [2.24, 2.45) is 0 Å². The zero-order valence-corrected chi connectivity index (χ0v) is 18.0. The molecule has 0 bridgehead atoms. The molecule has 8 heteroatoms. The van der Waals surface area contributed by atoms with Gasteiger partial charge in [0.2, 0.25) is 11.8 Å². The first kappa shape index (κ1) is 21.9. The summed E-state index contributed by atoms with van der Waals surface area (Å²) in [5, 5.41) is 5.86. The second-order valence-corrected chi connectivity index (χ2v) is 8.26. The Morgan fingerprint density at radius 1 is 1.28 bits per heavy atom. The molecule has 7 nitrogen and oxygen atoms in total. The van der Waals surface area contributed by atoms with Crippen LogP contribution >= 0.6 is 0 Å². The van der Waals surface area contributed by atoms with Crippen molar-refractivity contribution in [3.05, 3.63) is 53.8 Å². The maximum absolute atomic E-state index is 14.5. The summed E-state index contributed by atoms with van der Waals surface area (Å²) in [5.74, 6) is 1.18. The number of amides is 2. The quantitative estimate of drug-likeness (QED) is 0.657. The number of hydrogen-bond donors (Lipinski definition) is 2. The zero-order chi connectivity index (χ0) is 22.6. The highest BCUT2D eigenvalue weighted by Crippen LogP contribution is 2.32. The lowest BCUT2D eigenvalue weighted by Crippen LogP contribution is -2.45. The molecule has 1 saturated heterocycles. The molecule has 4 rings (SSSR count). The van der Waals surface area contributed by atoms with Crippen molar-refractivity contribution in [2.45, 2.75) is 43.7 Å². The number of nitrogens with one attached hydrogen (secondary N) is 2. The molecule has 1 fully saturated rings. The summed E-state index contributed by atoms with van der Waals surface area (Å²) in [5.41, 5.74) is -0.160. The van der Waals surface area contributed by atoms with Gasteiger partial charge in [0.25, 0.3) is 0 Å². The maximum Gasteiger partial charge on any atom is 0.220 e. The van der Waals surface area contributed by atoms with Gasteiger partial charge in [-0.3, -0.25) is 9.59 Å². The van der Waals surface area contributed by atoms with Gasteiger partial charge in [0.1, 0.15) is 24.3 Å². The minimum absolute atomic E-state index is 0.0780. The molecule has 2 aliphatic heterocycles. The van der Waals surface area contributed by atoms with Gasteiger partial charge in [-0.2, -0.15) is 0 Å². The van der Waals surface area contributed by atoms with Crippen LogP contribution < -0.4 is 24.8 Å². The number of fused-ring (bicyclic) bond motifs is 1. The molecule has 2 unspecified atom stereocenters. The predicted molar refractivity (Wildman–Crippen MR) is 115 cm³/mol. The molecule has 2 amide bonds. The summed E-state index contributed by atoms with van der Waals surface area (Å²) >= 11 is 0. The maximum atomic E-state index is 14.5. The van der Waals surface area contributed by atoms with E-state index < -0.39 is 5.54 Å². The van der Waals surface area contributed by atoms with Crippen LogP contribution in [0.1, 0.15) is 31.2 Å². The standard InChI is InChI=1S/C24H27FN2O5/c1-30-17-7-6-16(19(25)12-17)13-24(11-9-23(29)27-24)10-8-22(28)26-14-18-15-31-20-4-2-3-5-21(20)32-18/h2-7,12,18H,8-11,13-15H2,1H3,(H,26,28)(H,27,29). The van der Waals surface area contributed by atoms with E-state index in [1.54, 1.807) is 12.1 Å². The van der Waals surface area contributed by atoms with E-state index in [9.17, 15) is 14.0 Å². The van der Waals surface area contributed by atoms with Crippen LogP contribution in [0.3, 0.4) is 0 Å². The van der Waals surface area contributed by atoms with Gasteiger partial charge in [0.05, 0.1) is 13.7 Å². The fourth-order valence-electron chi connectivity index (χ4n) is 4.18. The minimum Gasteiger partial charge on any atom is -0.497 e. The van der Waals surface area contributed by atoms with E-state index in [1.165, 1.54) is 13.2 Å². The Morgan fingerprint density at radius 3 is 2.81 bits per heavy atom. The van der Waals surface area contributed by atoms with Gasteiger partial charge in [0.15, 0.2) is 11.5 Å². The van der Waals surface area contributed by atoms with E-state index in [2.05, 4.69) is 10.6 Å². The number of methoxy groups -OCH3 is 1. The van der Waals surface area contributed by atoms with Gasteiger partial charge in [-0.1, -0.05) is 18.2 Å². The Bertz CT molecular complexity index is 998. The number of para-hydroxylation sites is 2. The third kappa shape index (κ3) is 5.12. The van der Waals surface area contributed by atoms with E-state index >= 15 is 0 Å². The van der Waals surface area contributed by atoms with E-state index in [1.807, 2.05) is 24.3 Å². The van der Waals surface area contributed by atoms with Crippen molar-refractivity contribution in [3.63, 3.8) is 0 Å². The van der Waals surface area contributed by atoms with Gasteiger partial charge in [0, 0.05) is 24.4 Å². The lowest BCUT2D eigenvalue weighted by molar-refractivity contribution is -0.123. The van der Waals surface area contributed by atoms with Crippen molar-refractivity contribution in [1.29, 1.82) is 0 Å². The Morgan fingerprint density at radius 2 is 2.09 bits per heavy atom. The number of carbonyl (C=O) groups is 2. The number of carbonyl (C=O) groups excluding carboxylic acids is 2. The smallest absolute Gasteiger partial charge is 0.220 e. The first-order valence-electron chi connectivity index (χ1n) is 10.7. The van der Waals surface area contributed by atoms with Gasteiger partial charge in [-0.25, -0.2) is 4.39 Å². The van der Waals surface area contributed by atoms with Crippen LogP contribution in [-0.2, 0) is 16.0 Å². The predicted octanol–water partition coefficient (Wildman–Crippen LogP) is 2.76. The van der Waals surface area contributed by atoms with Crippen LogP contribution in [0.25, 0.3) is 0 Å². The Kier molecular flexibility index (Phi) is 6.48. The van der Waals surface area contributed by atoms with Crippen LogP contribution in [0.2, 0.25) is 0 Å². The average molecular weight is 442 g/mol.